The van der Waals surface area contributed by atoms with E-state index in [0.29, 0.717) is 33.3 Å². The third-order valence-corrected chi connectivity index (χ3v) is 10.1. The van der Waals surface area contributed by atoms with Crippen LogP contribution in [0.1, 0.15) is 58.3 Å². The Morgan fingerprint density at radius 1 is 0.873 bits per heavy atom. The predicted molar refractivity (Wildman–Crippen MR) is 184 cm³/mol. The first-order valence-corrected chi connectivity index (χ1v) is 18.3. The lowest BCUT2D eigenvalue weighted by atomic mass is 10.0. The predicted octanol–water partition coefficient (Wildman–Crippen LogP) is 8.11. The molecule has 4 atom stereocenters. The van der Waals surface area contributed by atoms with Crippen molar-refractivity contribution in [1.29, 1.82) is 0 Å². The van der Waals surface area contributed by atoms with Crippen LogP contribution < -0.4 is 5.69 Å². The number of benzene rings is 4. The smallest absolute Gasteiger partial charge is 0.349 e. The highest BCUT2D eigenvalue weighted by Crippen LogP contribution is 2.43. The van der Waals surface area contributed by atoms with Crippen LogP contribution in [0.15, 0.2) is 108 Å². The van der Waals surface area contributed by atoms with E-state index >= 15 is 0 Å². The number of rotatable bonds is 12. The van der Waals surface area contributed by atoms with Crippen LogP contribution in [0.25, 0.3) is 0 Å². The Hall–Kier alpha value is -4.64. The van der Waals surface area contributed by atoms with Crippen molar-refractivity contribution < 1.29 is 54.2 Å². The molecular formula is C37H34F7N4O6P. The van der Waals surface area contributed by atoms with Gasteiger partial charge in [0.2, 0.25) is 0 Å². The van der Waals surface area contributed by atoms with Gasteiger partial charge in [0.05, 0.1) is 49.6 Å². The van der Waals surface area contributed by atoms with E-state index in [1.54, 1.807) is 65.6 Å². The molecule has 0 saturated carbocycles. The summed E-state index contributed by atoms with van der Waals surface area (Å²) in [5.41, 5.74) is -2.83. The number of morpholine rings is 1. The molecule has 5 aromatic rings. The van der Waals surface area contributed by atoms with Crippen molar-refractivity contribution in [2.24, 2.45) is 0 Å². The molecule has 2 heterocycles. The molecule has 0 aliphatic carbocycles. The van der Waals surface area contributed by atoms with E-state index in [-0.39, 0.29) is 44.7 Å². The van der Waals surface area contributed by atoms with Crippen molar-refractivity contribution in [3.8, 4) is 0 Å². The van der Waals surface area contributed by atoms with E-state index in [2.05, 4.69) is 5.10 Å². The second kappa shape index (κ2) is 16.2. The summed E-state index contributed by atoms with van der Waals surface area (Å²) in [6.07, 6.45) is -12.9. The van der Waals surface area contributed by atoms with Gasteiger partial charge in [-0.1, -0.05) is 72.8 Å². The molecule has 4 aromatic carbocycles. The molecule has 1 aliphatic heterocycles. The lowest BCUT2D eigenvalue weighted by molar-refractivity contribution is -0.231. The molecule has 1 aromatic heterocycles. The fourth-order valence-corrected chi connectivity index (χ4v) is 7.07. The minimum atomic E-state index is -5.09. The van der Waals surface area contributed by atoms with E-state index in [1.165, 1.54) is 23.6 Å². The van der Waals surface area contributed by atoms with Gasteiger partial charge in [-0.25, -0.2) is 13.8 Å². The van der Waals surface area contributed by atoms with Gasteiger partial charge >= 0.3 is 25.8 Å². The van der Waals surface area contributed by atoms with Gasteiger partial charge in [-0.15, -0.1) is 9.55 Å². The van der Waals surface area contributed by atoms with Crippen LogP contribution in [0.5, 0.6) is 0 Å². The Kier molecular flexibility index (Phi) is 11.8. The molecule has 0 amide bonds. The number of ether oxygens (including phenoxy) is 2. The van der Waals surface area contributed by atoms with Gasteiger partial charge < -0.3 is 14.4 Å². The highest BCUT2D eigenvalue weighted by Gasteiger charge is 2.40. The summed E-state index contributed by atoms with van der Waals surface area (Å²) in [7, 11) is -4.89. The van der Waals surface area contributed by atoms with Crippen LogP contribution in [0.2, 0.25) is 0 Å². The molecule has 1 aliphatic rings. The van der Waals surface area contributed by atoms with E-state index in [4.69, 9.17) is 14.0 Å². The molecule has 1 unspecified atom stereocenters. The normalized spacial score (nSPS) is 18.6. The van der Waals surface area contributed by atoms with E-state index in [1.807, 2.05) is 0 Å². The Morgan fingerprint density at radius 2 is 1.45 bits per heavy atom. The minimum Gasteiger partial charge on any atom is -0.349 e. The number of nitrogens with zero attached hydrogens (tertiary/aromatic N) is 4. The second-order valence-electron chi connectivity index (χ2n) is 12.7. The van der Waals surface area contributed by atoms with Crippen molar-refractivity contribution in [3.05, 3.63) is 159 Å². The zero-order valence-electron chi connectivity index (χ0n) is 29.0. The fraction of sp³-hybridized carbons (Fsp3) is 0.297. The van der Waals surface area contributed by atoms with Crippen LogP contribution in [0.3, 0.4) is 0 Å². The summed E-state index contributed by atoms with van der Waals surface area (Å²) in [4.78, 5) is 26.5. The molecule has 1 saturated heterocycles. The first-order valence-electron chi connectivity index (χ1n) is 16.8. The molecule has 1 N–H and O–H groups in total. The maximum atomic E-state index is 14.1. The third-order valence-electron chi connectivity index (χ3n) is 8.87. The van der Waals surface area contributed by atoms with E-state index < -0.39 is 66.7 Å². The van der Waals surface area contributed by atoms with Gasteiger partial charge in [-0.3, -0.25) is 14.0 Å². The molecule has 1 fully saturated rings. The number of halogens is 7. The van der Waals surface area contributed by atoms with Crippen LogP contribution in [-0.2, 0) is 50.6 Å². The van der Waals surface area contributed by atoms with Crippen molar-refractivity contribution in [2.75, 3.05) is 13.2 Å². The zero-order chi connectivity index (χ0) is 39.5. The number of aromatic nitrogens is 3. The van der Waals surface area contributed by atoms with Gasteiger partial charge in [0.25, 0.3) is 0 Å². The molecule has 0 radical (unpaired) electrons. The monoisotopic (exact) mass is 794 g/mol. The van der Waals surface area contributed by atoms with Gasteiger partial charge in [0.1, 0.15) is 11.6 Å². The maximum absolute atomic E-state index is 14.1. The van der Waals surface area contributed by atoms with E-state index in [0.717, 1.165) is 12.1 Å². The number of hydrogen-bond acceptors (Lipinski definition) is 7. The summed E-state index contributed by atoms with van der Waals surface area (Å²) in [6.45, 7) is 0.723. The lowest BCUT2D eigenvalue weighted by Gasteiger charge is -2.41. The van der Waals surface area contributed by atoms with Crippen molar-refractivity contribution >= 4 is 7.75 Å². The Labute approximate surface area is 309 Å². The van der Waals surface area contributed by atoms with Crippen molar-refractivity contribution in [2.45, 2.75) is 57.4 Å². The Morgan fingerprint density at radius 3 is 2.04 bits per heavy atom. The molecule has 0 spiro atoms. The first-order chi connectivity index (χ1) is 26.0. The molecule has 10 nitrogen and oxygen atoms in total. The summed E-state index contributed by atoms with van der Waals surface area (Å²) in [5, 5.41) is 4.26. The van der Waals surface area contributed by atoms with Crippen LogP contribution in [0, 0.1) is 5.82 Å². The highest BCUT2D eigenvalue weighted by atomic mass is 31.2. The second-order valence-corrected chi connectivity index (χ2v) is 14.4. The van der Waals surface area contributed by atoms with Gasteiger partial charge in [-0.2, -0.15) is 26.3 Å². The summed E-state index contributed by atoms with van der Waals surface area (Å²) >= 11 is 0. The molecule has 292 valence electrons. The van der Waals surface area contributed by atoms with Crippen LogP contribution in [0.4, 0.5) is 30.7 Å². The fourth-order valence-electron chi connectivity index (χ4n) is 6.10. The van der Waals surface area contributed by atoms with Gasteiger partial charge in [-0.05, 0) is 59.5 Å². The van der Waals surface area contributed by atoms with Gasteiger partial charge in [0, 0.05) is 6.54 Å². The SMILES string of the molecule is C[C@@H](O[C@H]1OCCN(Cc2nn(P(=O)(O)OCc3ccccc3)c(=O)n2Cc2ccccc2)[C@H]1c1ccc(F)cc1)c1cc(C(F)(F)F)cc(C(F)(F)F)c1. The van der Waals surface area contributed by atoms with Crippen LogP contribution >= 0.6 is 7.75 Å². The lowest BCUT2D eigenvalue weighted by Crippen LogP contribution is -2.46. The Balaban J connectivity index is 1.36. The summed E-state index contributed by atoms with van der Waals surface area (Å²) in [5.74, 6) is -0.592. The zero-order valence-corrected chi connectivity index (χ0v) is 29.8. The summed E-state index contributed by atoms with van der Waals surface area (Å²) < 4.78 is 129. The van der Waals surface area contributed by atoms with Crippen molar-refractivity contribution in [1.82, 2.24) is 19.0 Å². The maximum Gasteiger partial charge on any atom is 0.457 e. The van der Waals surface area contributed by atoms with E-state index in [9.17, 15) is 45.0 Å². The molecule has 0 bridgehead atoms. The average Bonchev–Trinajstić information content (AvgIpc) is 3.45. The van der Waals surface area contributed by atoms with Crippen molar-refractivity contribution in [3.63, 3.8) is 0 Å². The molecule has 6 rings (SSSR count). The van der Waals surface area contributed by atoms with Gasteiger partial charge in [0.15, 0.2) is 6.29 Å². The Bertz CT molecular complexity index is 2150. The highest BCUT2D eigenvalue weighted by molar-refractivity contribution is 7.50. The average molecular weight is 795 g/mol. The number of alkyl halides is 6. The summed E-state index contributed by atoms with van der Waals surface area (Å²) in [6, 6.07) is 22.5. The topological polar surface area (TPSA) is 108 Å². The third kappa shape index (κ3) is 9.61. The molecule has 55 heavy (non-hydrogen) atoms. The minimum absolute atomic E-state index is 0.0000493. The molecule has 18 heteroatoms. The quantitative estimate of drug-likeness (QED) is 0.0998. The molecular weight excluding hydrogens is 760 g/mol. The largest absolute Gasteiger partial charge is 0.457 e. The van der Waals surface area contributed by atoms with Crippen LogP contribution in [-0.4, -0.2) is 43.4 Å². The standard InChI is InChI=1S/C37H34F7N4O6P/c1-24(28-18-29(36(39,40)41)20-30(19-28)37(42,43)44)54-34-33(27-12-14-31(38)15-13-27)46(16-17-52-34)22-32-45-48(35(49)47(32)21-25-8-4-2-5-9-25)55(50,51)53-23-26-10-6-3-7-11-26/h2-15,18-20,24,33-34H,16-17,21-23H2,1H3,(H,50,51)/t24-,33+,34-/m1/s1. The first kappa shape index (κ1) is 40.0. The number of hydrogen-bond donors (Lipinski definition) is 1.